The molecule has 1 atom stereocenters. The molecule has 2 aromatic carbocycles. The number of hydrogen-bond acceptors (Lipinski definition) is 6. The van der Waals surface area contributed by atoms with Gasteiger partial charge in [-0.25, -0.2) is 4.68 Å². The third kappa shape index (κ3) is 5.38. The second kappa shape index (κ2) is 9.87. The number of carbonyl (C=O) groups is 1. The maximum atomic E-state index is 12.7. The van der Waals surface area contributed by atoms with Gasteiger partial charge >= 0.3 is 0 Å². The highest BCUT2D eigenvalue weighted by atomic mass is 32.2. The normalized spacial score (nSPS) is 15.4. The fourth-order valence-electron chi connectivity index (χ4n) is 3.69. The number of ether oxygens (including phenoxy) is 1. The summed E-state index contributed by atoms with van der Waals surface area (Å²) in [5.41, 5.74) is 0.704. The highest BCUT2D eigenvalue weighted by Gasteiger charge is 2.24. The lowest BCUT2D eigenvalue weighted by atomic mass is 9.89. The Hall–Kier alpha value is -3.00. The molecule has 1 aliphatic carbocycles. The number of amides is 1. The molecule has 7 nitrogen and oxygen atoms in total. The van der Waals surface area contributed by atoms with Gasteiger partial charge in [-0.3, -0.25) is 4.79 Å². The van der Waals surface area contributed by atoms with Crippen molar-refractivity contribution in [2.24, 2.45) is 0 Å². The largest absolute Gasteiger partial charge is 0.457 e. The van der Waals surface area contributed by atoms with Gasteiger partial charge in [-0.05, 0) is 56.2 Å². The SMILES string of the molecule is CC(Sc1nnc(C2CCCCC2)n1N)C(=O)Nc1ccc(Oc2ccccc2)cc1. The van der Waals surface area contributed by atoms with Gasteiger partial charge in [0.1, 0.15) is 11.5 Å². The van der Waals surface area contributed by atoms with Crippen molar-refractivity contribution < 1.29 is 9.53 Å². The minimum atomic E-state index is -0.369. The molecule has 1 aliphatic rings. The van der Waals surface area contributed by atoms with E-state index >= 15 is 0 Å². The Kier molecular flexibility index (Phi) is 6.76. The Bertz CT molecular complexity index is 1000. The first-order valence-corrected chi connectivity index (χ1v) is 11.5. The summed E-state index contributed by atoms with van der Waals surface area (Å²) in [7, 11) is 0. The van der Waals surface area contributed by atoms with Crippen LogP contribution in [-0.2, 0) is 4.79 Å². The van der Waals surface area contributed by atoms with E-state index in [1.807, 2.05) is 61.5 Å². The molecule has 0 saturated heterocycles. The molecule has 3 aromatic rings. The van der Waals surface area contributed by atoms with Crippen LogP contribution in [0.15, 0.2) is 59.8 Å². The molecule has 1 unspecified atom stereocenters. The number of nitrogens with two attached hydrogens (primary N) is 1. The van der Waals surface area contributed by atoms with E-state index in [1.54, 1.807) is 4.68 Å². The fourth-order valence-corrected chi connectivity index (χ4v) is 4.47. The molecular weight excluding hydrogens is 410 g/mol. The lowest BCUT2D eigenvalue weighted by molar-refractivity contribution is -0.115. The zero-order valence-electron chi connectivity index (χ0n) is 17.5. The maximum Gasteiger partial charge on any atom is 0.237 e. The summed E-state index contributed by atoms with van der Waals surface area (Å²) < 4.78 is 7.34. The van der Waals surface area contributed by atoms with Crippen LogP contribution in [0.25, 0.3) is 0 Å². The average molecular weight is 438 g/mol. The molecule has 0 bridgehead atoms. The molecule has 31 heavy (non-hydrogen) atoms. The molecular formula is C23H27N5O2S. The monoisotopic (exact) mass is 437 g/mol. The molecule has 1 fully saturated rings. The van der Waals surface area contributed by atoms with E-state index in [2.05, 4.69) is 15.5 Å². The quantitative estimate of drug-likeness (QED) is 0.401. The van der Waals surface area contributed by atoms with Crippen LogP contribution in [0.1, 0.15) is 50.8 Å². The van der Waals surface area contributed by atoms with Crippen LogP contribution in [0.3, 0.4) is 0 Å². The number of nitrogens with zero attached hydrogens (tertiary/aromatic N) is 3. The molecule has 0 spiro atoms. The summed E-state index contributed by atoms with van der Waals surface area (Å²) in [6.07, 6.45) is 5.87. The molecule has 1 amide bonds. The van der Waals surface area contributed by atoms with Crippen LogP contribution < -0.4 is 15.9 Å². The Labute approximate surface area is 186 Å². The Morgan fingerprint density at radius 2 is 1.74 bits per heavy atom. The van der Waals surface area contributed by atoms with Crippen LogP contribution in [0, 0.1) is 0 Å². The standard InChI is InChI=1S/C23H27N5O2S/c1-16(31-23-27-26-21(28(23)24)17-8-4-2-5-9-17)22(29)25-18-12-14-20(15-13-18)30-19-10-6-3-7-11-19/h3,6-7,10-17H,2,4-5,8-9,24H2,1H3,(H,25,29). The summed E-state index contributed by atoms with van der Waals surface area (Å²) in [5.74, 6) is 8.78. The summed E-state index contributed by atoms with van der Waals surface area (Å²) in [5, 5.41) is 11.7. The smallest absolute Gasteiger partial charge is 0.237 e. The van der Waals surface area contributed by atoms with E-state index in [4.69, 9.17) is 10.6 Å². The maximum absolute atomic E-state index is 12.7. The predicted molar refractivity (Wildman–Crippen MR) is 123 cm³/mol. The molecule has 1 saturated carbocycles. The van der Waals surface area contributed by atoms with Crippen LogP contribution in [0.5, 0.6) is 11.5 Å². The first kappa shape index (κ1) is 21.2. The van der Waals surface area contributed by atoms with E-state index < -0.39 is 0 Å². The summed E-state index contributed by atoms with van der Waals surface area (Å²) >= 11 is 1.31. The Balaban J connectivity index is 1.33. The summed E-state index contributed by atoms with van der Waals surface area (Å²) in [6, 6.07) is 16.9. The molecule has 0 radical (unpaired) electrons. The van der Waals surface area contributed by atoms with Crippen molar-refractivity contribution in [1.29, 1.82) is 0 Å². The van der Waals surface area contributed by atoms with Gasteiger partial charge in [-0.2, -0.15) is 0 Å². The van der Waals surface area contributed by atoms with Gasteiger partial charge in [0.05, 0.1) is 5.25 Å². The van der Waals surface area contributed by atoms with Crippen molar-refractivity contribution in [3.8, 4) is 11.5 Å². The summed E-state index contributed by atoms with van der Waals surface area (Å²) in [4.78, 5) is 12.7. The van der Waals surface area contributed by atoms with Crippen molar-refractivity contribution in [2.45, 2.75) is 55.4 Å². The van der Waals surface area contributed by atoms with Gasteiger partial charge in [-0.1, -0.05) is 49.2 Å². The number of hydrogen-bond donors (Lipinski definition) is 2. The van der Waals surface area contributed by atoms with Gasteiger partial charge in [0, 0.05) is 11.6 Å². The second-order valence-corrected chi connectivity index (χ2v) is 9.04. The van der Waals surface area contributed by atoms with Gasteiger partial charge < -0.3 is 15.9 Å². The van der Waals surface area contributed by atoms with Crippen molar-refractivity contribution in [3.05, 3.63) is 60.4 Å². The van der Waals surface area contributed by atoms with Crippen LogP contribution in [-0.4, -0.2) is 26.0 Å². The van der Waals surface area contributed by atoms with Crippen molar-refractivity contribution in [3.63, 3.8) is 0 Å². The number of para-hydroxylation sites is 1. The molecule has 1 aromatic heterocycles. The predicted octanol–water partition coefficient (Wildman–Crippen LogP) is 4.95. The number of carbonyl (C=O) groups excluding carboxylic acids is 1. The molecule has 0 aliphatic heterocycles. The molecule has 3 N–H and O–H groups in total. The van der Waals surface area contributed by atoms with Crippen molar-refractivity contribution >= 4 is 23.4 Å². The van der Waals surface area contributed by atoms with E-state index in [0.29, 0.717) is 22.5 Å². The van der Waals surface area contributed by atoms with Crippen LogP contribution >= 0.6 is 11.8 Å². The van der Waals surface area contributed by atoms with Gasteiger partial charge in [0.15, 0.2) is 5.82 Å². The third-order valence-electron chi connectivity index (χ3n) is 5.41. The van der Waals surface area contributed by atoms with E-state index in [-0.39, 0.29) is 11.2 Å². The summed E-state index contributed by atoms with van der Waals surface area (Å²) in [6.45, 7) is 1.84. The molecule has 162 valence electrons. The zero-order chi connectivity index (χ0) is 21.6. The van der Waals surface area contributed by atoms with Crippen molar-refractivity contribution in [2.75, 3.05) is 11.2 Å². The first-order valence-electron chi connectivity index (χ1n) is 10.6. The highest BCUT2D eigenvalue weighted by molar-refractivity contribution is 8.00. The van der Waals surface area contributed by atoms with Crippen LogP contribution in [0.2, 0.25) is 0 Å². The minimum absolute atomic E-state index is 0.121. The fraction of sp³-hybridized carbons (Fsp3) is 0.348. The van der Waals surface area contributed by atoms with Gasteiger partial charge in [-0.15, -0.1) is 10.2 Å². The van der Waals surface area contributed by atoms with E-state index in [9.17, 15) is 4.79 Å². The Morgan fingerprint density at radius 3 is 2.45 bits per heavy atom. The average Bonchev–Trinajstić information content (AvgIpc) is 3.16. The van der Waals surface area contributed by atoms with Gasteiger partial charge in [0.25, 0.3) is 0 Å². The second-order valence-electron chi connectivity index (χ2n) is 7.73. The van der Waals surface area contributed by atoms with E-state index in [0.717, 1.165) is 24.4 Å². The topological polar surface area (TPSA) is 95.1 Å². The van der Waals surface area contributed by atoms with E-state index in [1.165, 1.54) is 31.0 Å². The number of aromatic nitrogens is 3. The van der Waals surface area contributed by atoms with Gasteiger partial charge in [0.2, 0.25) is 11.1 Å². The minimum Gasteiger partial charge on any atom is -0.457 e. The highest BCUT2D eigenvalue weighted by Crippen LogP contribution is 2.33. The number of nitrogens with one attached hydrogen (secondary N) is 1. The molecule has 8 heteroatoms. The molecule has 4 rings (SSSR count). The lowest BCUT2D eigenvalue weighted by Gasteiger charge is -2.20. The Morgan fingerprint density at radius 1 is 1.06 bits per heavy atom. The van der Waals surface area contributed by atoms with Crippen LogP contribution in [0.4, 0.5) is 5.69 Å². The lowest BCUT2D eigenvalue weighted by Crippen LogP contribution is -2.24. The first-order chi connectivity index (χ1) is 15.1. The number of benzene rings is 2. The molecule has 1 heterocycles. The number of anilines is 1. The number of rotatable bonds is 7. The zero-order valence-corrected chi connectivity index (χ0v) is 18.3. The number of nitrogen functional groups attached to an aromatic ring is 1. The number of thioether (sulfide) groups is 1. The third-order valence-corrected chi connectivity index (χ3v) is 6.47. The van der Waals surface area contributed by atoms with Crippen molar-refractivity contribution in [1.82, 2.24) is 14.9 Å².